The number of rotatable bonds is 8. The maximum Gasteiger partial charge on any atom is 0.251 e. The summed E-state index contributed by atoms with van der Waals surface area (Å²) in [5.74, 6) is 0.748. The minimum Gasteiger partial charge on any atom is -0.489 e. The Morgan fingerprint density at radius 2 is 1.90 bits per heavy atom. The van der Waals surface area contributed by atoms with Crippen molar-refractivity contribution in [2.24, 2.45) is 0 Å². The van der Waals surface area contributed by atoms with Gasteiger partial charge in [0.25, 0.3) is 5.91 Å². The van der Waals surface area contributed by atoms with Crippen molar-refractivity contribution in [2.45, 2.75) is 52.7 Å². The zero-order chi connectivity index (χ0) is 22.4. The summed E-state index contributed by atoms with van der Waals surface area (Å²) < 4.78 is 8.80. The van der Waals surface area contributed by atoms with Crippen molar-refractivity contribution in [1.82, 2.24) is 15.1 Å². The number of aryl methyl sites for hydroxylation is 2. The Balaban J connectivity index is 1.48. The lowest BCUT2D eigenvalue weighted by atomic mass is 9.87. The van der Waals surface area contributed by atoms with Crippen LogP contribution in [0.15, 0.2) is 59.2 Å². The van der Waals surface area contributed by atoms with Crippen molar-refractivity contribution < 1.29 is 9.53 Å². The van der Waals surface area contributed by atoms with Gasteiger partial charge in [-0.25, -0.2) is 0 Å². The molecule has 0 saturated heterocycles. The van der Waals surface area contributed by atoms with E-state index in [1.165, 1.54) is 5.56 Å². The van der Waals surface area contributed by atoms with Gasteiger partial charge in [-0.2, -0.15) is 5.10 Å². The molecule has 0 atom stereocenters. The second kappa shape index (κ2) is 10.1. The van der Waals surface area contributed by atoms with E-state index in [0.717, 1.165) is 34.4 Å². The fourth-order valence-corrected chi connectivity index (χ4v) is 3.49. The number of hydrogen-bond acceptors (Lipinski definition) is 3. The molecule has 3 rings (SSSR count). The van der Waals surface area contributed by atoms with Crippen molar-refractivity contribution in [3.05, 3.63) is 81.6 Å². The molecule has 0 fully saturated rings. The van der Waals surface area contributed by atoms with E-state index >= 15 is 0 Å². The molecule has 5 nitrogen and oxygen atoms in total. The maximum absolute atomic E-state index is 12.5. The monoisotopic (exact) mass is 483 g/mol. The van der Waals surface area contributed by atoms with Crippen molar-refractivity contribution in [3.8, 4) is 5.75 Å². The highest BCUT2D eigenvalue weighted by Crippen LogP contribution is 2.24. The molecule has 1 amide bonds. The Hall–Kier alpha value is -2.60. The van der Waals surface area contributed by atoms with Gasteiger partial charge in [0.15, 0.2) is 0 Å². The third-order valence-corrected chi connectivity index (χ3v) is 5.83. The summed E-state index contributed by atoms with van der Waals surface area (Å²) in [7, 11) is 0. The van der Waals surface area contributed by atoms with E-state index in [9.17, 15) is 4.79 Å². The van der Waals surface area contributed by atoms with Crippen LogP contribution in [-0.2, 0) is 18.6 Å². The molecule has 6 heteroatoms. The first-order valence-corrected chi connectivity index (χ1v) is 11.3. The average Bonchev–Trinajstić information content (AvgIpc) is 3.06. The quantitative estimate of drug-likeness (QED) is 0.421. The smallest absolute Gasteiger partial charge is 0.251 e. The lowest BCUT2D eigenvalue weighted by Gasteiger charge is -2.19. The summed E-state index contributed by atoms with van der Waals surface area (Å²) >= 11 is 3.46. The Morgan fingerprint density at radius 1 is 1.16 bits per heavy atom. The summed E-state index contributed by atoms with van der Waals surface area (Å²) in [5.41, 5.74) is 3.96. The van der Waals surface area contributed by atoms with Crippen LogP contribution < -0.4 is 10.1 Å². The minimum atomic E-state index is -0.0748. The molecule has 0 saturated carbocycles. The molecule has 0 aliphatic heterocycles. The van der Waals surface area contributed by atoms with Crippen molar-refractivity contribution in [2.75, 3.05) is 6.54 Å². The van der Waals surface area contributed by atoms with E-state index in [1.807, 2.05) is 54.2 Å². The first-order chi connectivity index (χ1) is 14.7. The second-order valence-corrected chi connectivity index (χ2v) is 9.55. The molecule has 1 aromatic heterocycles. The number of halogens is 1. The summed E-state index contributed by atoms with van der Waals surface area (Å²) in [5, 5.41) is 7.38. The highest BCUT2D eigenvalue weighted by Gasteiger charge is 2.13. The zero-order valence-corrected chi connectivity index (χ0v) is 20.2. The summed E-state index contributed by atoms with van der Waals surface area (Å²) in [6, 6.07) is 15.8. The van der Waals surface area contributed by atoms with Crippen molar-refractivity contribution in [1.29, 1.82) is 0 Å². The Kier molecular flexibility index (Phi) is 7.55. The zero-order valence-electron chi connectivity index (χ0n) is 18.6. The number of carbonyl (C=O) groups excluding carboxylic acids is 1. The van der Waals surface area contributed by atoms with Gasteiger partial charge in [-0.05, 0) is 70.1 Å². The molecule has 0 aliphatic carbocycles. The van der Waals surface area contributed by atoms with Crippen LogP contribution in [0.3, 0.4) is 0 Å². The minimum absolute atomic E-state index is 0.0748. The first kappa shape index (κ1) is 23.1. The normalized spacial score (nSPS) is 11.4. The summed E-state index contributed by atoms with van der Waals surface area (Å²) in [6.07, 6.45) is 2.77. The van der Waals surface area contributed by atoms with Gasteiger partial charge >= 0.3 is 0 Å². The molecule has 3 aromatic rings. The number of nitrogens with zero attached hydrogens (tertiary/aromatic N) is 2. The number of nitrogens with one attached hydrogen (secondary N) is 1. The molecule has 31 heavy (non-hydrogen) atoms. The van der Waals surface area contributed by atoms with Gasteiger partial charge in [0.05, 0.1) is 10.2 Å². The first-order valence-electron chi connectivity index (χ1n) is 10.5. The molecular formula is C25H30BrN3O2. The van der Waals surface area contributed by atoms with Crippen LogP contribution >= 0.6 is 15.9 Å². The van der Waals surface area contributed by atoms with Crippen LogP contribution in [0.4, 0.5) is 0 Å². The Bertz CT molecular complexity index is 1000. The molecule has 0 bridgehead atoms. The van der Waals surface area contributed by atoms with Gasteiger partial charge in [0.1, 0.15) is 12.4 Å². The molecule has 1 N–H and O–H groups in total. The van der Waals surface area contributed by atoms with E-state index in [1.54, 1.807) is 0 Å². The van der Waals surface area contributed by atoms with Crippen LogP contribution in [0.2, 0.25) is 0 Å². The Labute approximate surface area is 192 Å². The van der Waals surface area contributed by atoms with Crippen LogP contribution in [-0.4, -0.2) is 22.2 Å². The fourth-order valence-electron chi connectivity index (χ4n) is 3.17. The molecule has 2 aromatic carbocycles. The van der Waals surface area contributed by atoms with Gasteiger partial charge in [-0.1, -0.05) is 45.0 Å². The fraction of sp³-hybridized carbons (Fsp3) is 0.360. The van der Waals surface area contributed by atoms with Gasteiger partial charge in [-0.15, -0.1) is 0 Å². The Morgan fingerprint density at radius 3 is 2.55 bits per heavy atom. The molecule has 0 aliphatic rings. The van der Waals surface area contributed by atoms with Crippen LogP contribution in [0.5, 0.6) is 5.75 Å². The third kappa shape index (κ3) is 6.69. The lowest BCUT2D eigenvalue weighted by Crippen LogP contribution is -2.25. The maximum atomic E-state index is 12.5. The summed E-state index contributed by atoms with van der Waals surface area (Å²) in [6.45, 7) is 10.3. The molecule has 0 unspecified atom stereocenters. The van der Waals surface area contributed by atoms with E-state index in [0.29, 0.717) is 18.7 Å². The van der Waals surface area contributed by atoms with Gasteiger partial charge < -0.3 is 10.1 Å². The average molecular weight is 484 g/mol. The van der Waals surface area contributed by atoms with Gasteiger partial charge in [0, 0.05) is 24.8 Å². The van der Waals surface area contributed by atoms with Gasteiger partial charge in [-0.3, -0.25) is 9.48 Å². The number of hydrogen-bond donors (Lipinski definition) is 1. The van der Waals surface area contributed by atoms with Crippen LogP contribution in [0, 0.1) is 6.92 Å². The molecule has 164 valence electrons. The highest BCUT2D eigenvalue weighted by molar-refractivity contribution is 9.10. The molecular weight excluding hydrogens is 454 g/mol. The van der Waals surface area contributed by atoms with Crippen molar-refractivity contribution in [3.63, 3.8) is 0 Å². The van der Waals surface area contributed by atoms with E-state index in [2.05, 4.69) is 59.2 Å². The van der Waals surface area contributed by atoms with Crippen molar-refractivity contribution >= 4 is 21.8 Å². The second-order valence-electron chi connectivity index (χ2n) is 8.70. The standard InChI is InChI=1S/C25H30BrN3O2/c1-18-23(26)16-29(28-18)14-6-13-27-24(30)20-8-5-7-19(15-20)17-31-22-11-9-21(10-12-22)25(2,3)4/h5,7-12,15-16H,6,13-14,17H2,1-4H3,(H,27,30). The SMILES string of the molecule is Cc1nn(CCCNC(=O)c2cccc(COc3ccc(C(C)(C)C)cc3)c2)cc1Br. The largest absolute Gasteiger partial charge is 0.489 e. The lowest BCUT2D eigenvalue weighted by molar-refractivity contribution is 0.0952. The summed E-state index contributed by atoms with van der Waals surface area (Å²) in [4.78, 5) is 12.5. The molecule has 1 heterocycles. The topological polar surface area (TPSA) is 56.2 Å². The number of amides is 1. The number of aromatic nitrogens is 2. The van der Waals surface area contributed by atoms with E-state index < -0.39 is 0 Å². The highest BCUT2D eigenvalue weighted by atomic mass is 79.9. The molecule has 0 radical (unpaired) electrons. The third-order valence-electron chi connectivity index (χ3n) is 5.05. The van der Waals surface area contributed by atoms with E-state index in [4.69, 9.17) is 4.74 Å². The molecule has 0 spiro atoms. The predicted molar refractivity (Wildman–Crippen MR) is 128 cm³/mol. The van der Waals surface area contributed by atoms with Gasteiger partial charge in [0.2, 0.25) is 0 Å². The van der Waals surface area contributed by atoms with Crippen LogP contribution in [0.1, 0.15) is 54.4 Å². The number of benzene rings is 2. The number of ether oxygens (including phenoxy) is 1. The van der Waals surface area contributed by atoms with Crippen LogP contribution in [0.25, 0.3) is 0 Å². The van der Waals surface area contributed by atoms with E-state index in [-0.39, 0.29) is 11.3 Å². The predicted octanol–water partition coefficient (Wildman–Crippen LogP) is 5.65. The number of carbonyl (C=O) groups is 1.